The van der Waals surface area contributed by atoms with Crippen LogP contribution in [0, 0.1) is 5.92 Å². The van der Waals surface area contributed by atoms with Gasteiger partial charge in [-0.3, -0.25) is 9.59 Å². The van der Waals surface area contributed by atoms with E-state index in [1.165, 1.54) is 6.26 Å². The number of benzene rings is 1. The molecule has 8 nitrogen and oxygen atoms in total. The lowest BCUT2D eigenvalue weighted by molar-refractivity contribution is -0.137. The minimum absolute atomic E-state index is 0.0844. The van der Waals surface area contributed by atoms with E-state index in [0.29, 0.717) is 43.5 Å². The second kappa shape index (κ2) is 9.85. The van der Waals surface area contributed by atoms with Gasteiger partial charge in [-0.05, 0) is 49.2 Å². The van der Waals surface area contributed by atoms with Crippen LogP contribution in [0.2, 0.25) is 5.02 Å². The van der Waals surface area contributed by atoms with Crippen molar-refractivity contribution in [3.05, 3.63) is 65.6 Å². The molecule has 0 saturated carbocycles. The van der Waals surface area contributed by atoms with E-state index in [9.17, 15) is 9.59 Å². The fourth-order valence-corrected chi connectivity index (χ4v) is 4.73. The zero-order valence-corrected chi connectivity index (χ0v) is 19.5. The number of halogens is 1. The standard InChI is InChI=1S/C25H26ClN5O3/c26-20-7-5-18(6-8-20)21-9-10-23(28-27-21)31-11-1-3-19(17-31)24(32)29-12-14-30(15-13-29)25(33)22-4-2-16-34-22/h2,4-10,16,19H,1,3,11-15,17H2. The molecular formula is C25H26ClN5O3. The summed E-state index contributed by atoms with van der Waals surface area (Å²) in [7, 11) is 0. The van der Waals surface area contributed by atoms with E-state index in [4.69, 9.17) is 16.0 Å². The first-order chi connectivity index (χ1) is 16.6. The van der Waals surface area contributed by atoms with Crippen LogP contribution in [0.3, 0.4) is 0 Å². The molecule has 0 radical (unpaired) electrons. The Morgan fingerprint density at radius 1 is 0.912 bits per heavy atom. The summed E-state index contributed by atoms with van der Waals surface area (Å²) in [4.78, 5) is 31.5. The molecule has 3 aromatic rings. The third-order valence-corrected chi connectivity index (χ3v) is 6.75. The van der Waals surface area contributed by atoms with Crippen LogP contribution in [-0.2, 0) is 4.79 Å². The maximum absolute atomic E-state index is 13.2. The molecule has 176 valence electrons. The molecule has 2 aromatic heterocycles. The number of hydrogen-bond donors (Lipinski definition) is 0. The number of amides is 2. The van der Waals surface area contributed by atoms with Gasteiger partial charge >= 0.3 is 0 Å². The molecule has 0 bridgehead atoms. The number of hydrogen-bond acceptors (Lipinski definition) is 6. The Bertz CT molecular complexity index is 1130. The molecule has 0 N–H and O–H groups in total. The Morgan fingerprint density at radius 3 is 2.35 bits per heavy atom. The van der Waals surface area contributed by atoms with Crippen LogP contribution in [0.15, 0.2) is 59.2 Å². The van der Waals surface area contributed by atoms with E-state index in [1.807, 2.05) is 41.3 Å². The molecule has 9 heteroatoms. The third kappa shape index (κ3) is 4.77. The molecule has 4 heterocycles. The quantitative estimate of drug-likeness (QED) is 0.568. The Morgan fingerprint density at radius 2 is 1.68 bits per heavy atom. The second-order valence-corrected chi connectivity index (χ2v) is 9.10. The lowest BCUT2D eigenvalue weighted by Gasteiger charge is -2.39. The molecular weight excluding hydrogens is 454 g/mol. The van der Waals surface area contributed by atoms with Crippen LogP contribution in [0.1, 0.15) is 23.4 Å². The van der Waals surface area contributed by atoms with Crippen molar-refractivity contribution in [2.75, 3.05) is 44.2 Å². The van der Waals surface area contributed by atoms with Crippen molar-refractivity contribution in [3.63, 3.8) is 0 Å². The molecule has 0 aliphatic carbocycles. The summed E-state index contributed by atoms with van der Waals surface area (Å²) in [5.74, 6) is 1.07. The maximum atomic E-state index is 13.2. The summed E-state index contributed by atoms with van der Waals surface area (Å²) in [6.07, 6.45) is 3.28. The molecule has 2 aliphatic heterocycles. The Hall–Kier alpha value is -3.39. The predicted molar refractivity (Wildman–Crippen MR) is 129 cm³/mol. The average Bonchev–Trinajstić information content (AvgIpc) is 3.44. The summed E-state index contributed by atoms with van der Waals surface area (Å²) in [6.45, 7) is 3.58. The molecule has 1 unspecified atom stereocenters. The highest BCUT2D eigenvalue weighted by molar-refractivity contribution is 6.30. The highest BCUT2D eigenvalue weighted by Crippen LogP contribution is 2.25. The van der Waals surface area contributed by atoms with Crippen molar-refractivity contribution >= 4 is 29.2 Å². The SMILES string of the molecule is O=C(c1ccco1)N1CCN(C(=O)C2CCCN(c3ccc(-c4ccc(Cl)cc4)nn3)C2)CC1. The van der Waals surface area contributed by atoms with E-state index >= 15 is 0 Å². The van der Waals surface area contributed by atoms with Crippen molar-refractivity contribution < 1.29 is 14.0 Å². The normalized spacial score (nSPS) is 18.7. The zero-order valence-electron chi connectivity index (χ0n) is 18.8. The molecule has 2 fully saturated rings. The molecule has 0 spiro atoms. The van der Waals surface area contributed by atoms with Crippen LogP contribution < -0.4 is 4.90 Å². The van der Waals surface area contributed by atoms with Crippen molar-refractivity contribution in [2.45, 2.75) is 12.8 Å². The summed E-state index contributed by atoms with van der Waals surface area (Å²) in [5.41, 5.74) is 1.74. The van der Waals surface area contributed by atoms with E-state index in [1.54, 1.807) is 17.0 Å². The summed E-state index contributed by atoms with van der Waals surface area (Å²) < 4.78 is 5.22. The van der Waals surface area contributed by atoms with Gasteiger partial charge in [0.05, 0.1) is 17.9 Å². The molecule has 5 rings (SSSR count). The maximum Gasteiger partial charge on any atom is 0.289 e. The Kier molecular flexibility index (Phi) is 6.49. The van der Waals surface area contributed by atoms with Gasteiger partial charge in [0.25, 0.3) is 5.91 Å². The number of aromatic nitrogens is 2. The third-order valence-electron chi connectivity index (χ3n) is 6.50. The lowest BCUT2D eigenvalue weighted by Crippen LogP contribution is -2.53. The first kappa shape index (κ1) is 22.4. The fourth-order valence-electron chi connectivity index (χ4n) is 4.60. The van der Waals surface area contributed by atoms with Crippen LogP contribution in [0.25, 0.3) is 11.3 Å². The van der Waals surface area contributed by atoms with Gasteiger partial charge in [-0.25, -0.2) is 0 Å². The summed E-state index contributed by atoms with van der Waals surface area (Å²) in [6, 6.07) is 14.8. The highest BCUT2D eigenvalue weighted by atomic mass is 35.5. The molecule has 1 atom stereocenters. The van der Waals surface area contributed by atoms with E-state index in [2.05, 4.69) is 15.1 Å². The molecule has 1 aromatic carbocycles. The Balaban J connectivity index is 1.18. The number of nitrogens with zero attached hydrogens (tertiary/aromatic N) is 5. The smallest absolute Gasteiger partial charge is 0.289 e. The van der Waals surface area contributed by atoms with Crippen molar-refractivity contribution in [1.29, 1.82) is 0 Å². The van der Waals surface area contributed by atoms with Gasteiger partial charge < -0.3 is 19.1 Å². The molecule has 34 heavy (non-hydrogen) atoms. The van der Waals surface area contributed by atoms with Gasteiger partial charge in [-0.2, -0.15) is 0 Å². The zero-order chi connectivity index (χ0) is 23.5. The van der Waals surface area contributed by atoms with Crippen molar-refractivity contribution in [3.8, 4) is 11.3 Å². The number of carbonyl (C=O) groups is 2. The number of carbonyl (C=O) groups excluding carboxylic acids is 2. The van der Waals surface area contributed by atoms with Crippen LogP contribution in [0.4, 0.5) is 5.82 Å². The van der Waals surface area contributed by atoms with Crippen LogP contribution >= 0.6 is 11.6 Å². The van der Waals surface area contributed by atoms with Gasteiger partial charge in [0, 0.05) is 49.9 Å². The number of piperidine rings is 1. The van der Waals surface area contributed by atoms with Gasteiger partial charge in [0.1, 0.15) is 0 Å². The van der Waals surface area contributed by atoms with E-state index in [0.717, 1.165) is 36.5 Å². The predicted octanol–water partition coefficient (Wildman–Crippen LogP) is 3.59. The minimum Gasteiger partial charge on any atom is -0.459 e. The van der Waals surface area contributed by atoms with Crippen molar-refractivity contribution in [2.24, 2.45) is 5.92 Å². The first-order valence-corrected chi connectivity index (χ1v) is 11.9. The van der Waals surface area contributed by atoms with Gasteiger partial charge in [0.15, 0.2) is 11.6 Å². The number of furan rings is 1. The monoisotopic (exact) mass is 479 g/mol. The van der Waals surface area contributed by atoms with E-state index in [-0.39, 0.29) is 17.7 Å². The largest absolute Gasteiger partial charge is 0.459 e. The fraction of sp³-hybridized carbons (Fsp3) is 0.360. The number of anilines is 1. The molecule has 2 saturated heterocycles. The lowest BCUT2D eigenvalue weighted by atomic mass is 9.96. The average molecular weight is 480 g/mol. The second-order valence-electron chi connectivity index (χ2n) is 8.66. The molecule has 2 amide bonds. The van der Waals surface area contributed by atoms with Gasteiger partial charge in [0.2, 0.25) is 5.91 Å². The number of rotatable bonds is 4. The number of piperazine rings is 1. The van der Waals surface area contributed by atoms with Crippen molar-refractivity contribution in [1.82, 2.24) is 20.0 Å². The van der Waals surface area contributed by atoms with E-state index < -0.39 is 0 Å². The highest BCUT2D eigenvalue weighted by Gasteiger charge is 2.33. The Labute approximate surface area is 203 Å². The van der Waals surface area contributed by atoms with Gasteiger partial charge in [-0.1, -0.05) is 23.7 Å². The summed E-state index contributed by atoms with van der Waals surface area (Å²) >= 11 is 5.97. The summed E-state index contributed by atoms with van der Waals surface area (Å²) in [5, 5.41) is 9.49. The first-order valence-electron chi connectivity index (χ1n) is 11.5. The van der Waals surface area contributed by atoms with Crippen LogP contribution in [-0.4, -0.2) is 71.1 Å². The van der Waals surface area contributed by atoms with Gasteiger partial charge in [-0.15, -0.1) is 10.2 Å². The molecule has 2 aliphatic rings. The topological polar surface area (TPSA) is 82.8 Å². The minimum atomic E-state index is -0.124. The van der Waals surface area contributed by atoms with Crippen LogP contribution in [0.5, 0.6) is 0 Å².